The van der Waals surface area contributed by atoms with Gasteiger partial charge in [-0.3, -0.25) is 4.79 Å². The lowest BCUT2D eigenvalue weighted by molar-refractivity contribution is -0.137. The summed E-state index contributed by atoms with van der Waals surface area (Å²) in [5.41, 5.74) is 1.73. The van der Waals surface area contributed by atoms with Crippen LogP contribution in [0.2, 0.25) is 0 Å². The number of hydrogen-bond acceptors (Lipinski definition) is 4. The first-order valence-electron chi connectivity index (χ1n) is 5.70. The molecule has 0 radical (unpaired) electrons. The largest absolute Gasteiger partial charge is 0.469 e. The van der Waals surface area contributed by atoms with Gasteiger partial charge in [0.2, 0.25) is 0 Å². The van der Waals surface area contributed by atoms with E-state index in [1.165, 1.54) is 21.1 Å². The zero-order chi connectivity index (χ0) is 14.6. The number of ether oxygens (including phenoxy) is 2. The van der Waals surface area contributed by atoms with E-state index < -0.39 is 0 Å². The summed E-state index contributed by atoms with van der Waals surface area (Å²) in [6.07, 6.45) is 0. The second kappa shape index (κ2) is 11.6. The fourth-order valence-corrected chi connectivity index (χ4v) is 0.807. The summed E-state index contributed by atoms with van der Waals surface area (Å²) >= 11 is 0. The Morgan fingerprint density at radius 2 is 1.33 bits per heavy atom. The number of esters is 2. The predicted octanol–water partition coefficient (Wildman–Crippen LogP) is 2.99. The van der Waals surface area contributed by atoms with Crippen LogP contribution in [0.4, 0.5) is 0 Å². The van der Waals surface area contributed by atoms with Gasteiger partial charge in [-0.15, -0.1) is 0 Å². The van der Waals surface area contributed by atoms with Gasteiger partial charge in [-0.05, 0) is 19.1 Å². The predicted molar refractivity (Wildman–Crippen MR) is 71.6 cm³/mol. The number of hydrogen-bond donors (Lipinski definition) is 0. The maximum absolute atomic E-state index is 10.9. The topological polar surface area (TPSA) is 52.6 Å². The molecule has 0 saturated carbocycles. The zero-order valence-corrected chi connectivity index (χ0v) is 11.9. The molecule has 0 aliphatic carbocycles. The van der Waals surface area contributed by atoms with Gasteiger partial charge in [-0.1, -0.05) is 31.5 Å². The molecule has 1 rings (SSSR count). The first-order valence-corrected chi connectivity index (χ1v) is 5.70. The Balaban J connectivity index is 0. The highest BCUT2D eigenvalue weighted by atomic mass is 16.5. The van der Waals surface area contributed by atoms with Gasteiger partial charge in [0.25, 0.3) is 0 Å². The Kier molecular flexibility index (Phi) is 12.0. The highest BCUT2D eigenvalue weighted by Crippen LogP contribution is 2.03. The fraction of sp³-hybridized carbons (Fsp3) is 0.429. The Morgan fingerprint density at radius 1 is 0.944 bits per heavy atom. The maximum atomic E-state index is 10.9. The number of benzene rings is 1. The number of carbonyl (C=O) groups is 2. The molecule has 18 heavy (non-hydrogen) atoms. The van der Waals surface area contributed by atoms with Crippen LogP contribution in [0.3, 0.4) is 0 Å². The van der Waals surface area contributed by atoms with Crippen molar-refractivity contribution >= 4 is 11.9 Å². The molecule has 4 heteroatoms. The van der Waals surface area contributed by atoms with Gasteiger partial charge in [0.05, 0.1) is 19.8 Å². The summed E-state index contributed by atoms with van der Waals surface area (Å²) < 4.78 is 8.65. The third-order valence-corrected chi connectivity index (χ3v) is 1.76. The lowest BCUT2D eigenvalue weighted by atomic mass is 10.2. The van der Waals surface area contributed by atoms with Crippen LogP contribution < -0.4 is 0 Å². The van der Waals surface area contributed by atoms with Crippen molar-refractivity contribution in [2.75, 3.05) is 14.2 Å². The monoisotopic (exact) mass is 254 g/mol. The normalized spacial score (nSPS) is 7.89. The minimum absolute atomic E-state index is 0.245. The second-order valence-electron chi connectivity index (χ2n) is 3.05. The average molecular weight is 254 g/mol. The Morgan fingerprint density at radius 3 is 1.61 bits per heavy atom. The second-order valence-corrected chi connectivity index (χ2v) is 3.05. The van der Waals surface area contributed by atoms with Gasteiger partial charge in [-0.2, -0.15) is 0 Å². The van der Waals surface area contributed by atoms with Crippen LogP contribution in [0.1, 0.15) is 36.7 Å². The SMILES string of the molecule is CC.COC(=O)c1ccc(C)cc1.COC(C)=O. The Labute approximate surface area is 109 Å². The van der Waals surface area contributed by atoms with Crippen LogP contribution in [0.5, 0.6) is 0 Å². The van der Waals surface area contributed by atoms with E-state index in [1.54, 1.807) is 12.1 Å². The van der Waals surface area contributed by atoms with Gasteiger partial charge in [0.15, 0.2) is 0 Å². The molecule has 0 heterocycles. The van der Waals surface area contributed by atoms with Crippen molar-refractivity contribution in [1.29, 1.82) is 0 Å². The van der Waals surface area contributed by atoms with Crippen LogP contribution in [0.25, 0.3) is 0 Å². The molecule has 0 N–H and O–H groups in total. The third-order valence-electron chi connectivity index (χ3n) is 1.76. The highest BCUT2D eigenvalue weighted by Gasteiger charge is 2.01. The highest BCUT2D eigenvalue weighted by molar-refractivity contribution is 5.89. The molecule has 0 aliphatic rings. The van der Waals surface area contributed by atoms with Crippen molar-refractivity contribution in [2.24, 2.45) is 0 Å². The van der Waals surface area contributed by atoms with E-state index in [0.29, 0.717) is 5.56 Å². The lowest BCUT2D eigenvalue weighted by Crippen LogP contribution is -2.00. The molecule has 0 amide bonds. The van der Waals surface area contributed by atoms with E-state index in [4.69, 9.17) is 0 Å². The first kappa shape index (κ1) is 18.5. The van der Waals surface area contributed by atoms with Gasteiger partial charge >= 0.3 is 11.9 Å². The van der Waals surface area contributed by atoms with Crippen molar-refractivity contribution in [2.45, 2.75) is 27.7 Å². The van der Waals surface area contributed by atoms with Crippen LogP contribution in [0.15, 0.2) is 24.3 Å². The summed E-state index contributed by atoms with van der Waals surface area (Å²) in [7, 11) is 2.73. The van der Waals surface area contributed by atoms with E-state index in [9.17, 15) is 9.59 Å². The van der Waals surface area contributed by atoms with Crippen LogP contribution in [-0.4, -0.2) is 26.2 Å². The molecule has 1 aromatic rings. The molecule has 0 aromatic heterocycles. The summed E-state index contributed by atoms with van der Waals surface area (Å²) in [5.74, 6) is -0.532. The molecule has 0 aliphatic heterocycles. The molecule has 4 nitrogen and oxygen atoms in total. The van der Waals surface area contributed by atoms with Crippen molar-refractivity contribution in [3.05, 3.63) is 35.4 Å². The number of methoxy groups -OCH3 is 2. The number of carbonyl (C=O) groups excluding carboxylic acids is 2. The van der Waals surface area contributed by atoms with E-state index in [1.807, 2.05) is 32.9 Å². The van der Waals surface area contributed by atoms with Crippen molar-refractivity contribution < 1.29 is 19.1 Å². The smallest absolute Gasteiger partial charge is 0.337 e. The number of aryl methyl sites for hydroxylation is 1. The summed E-state index contributed by atoms with van der Waals surface area (Å²) in [6, 6.07) is 7.26. The first-order chi connectivity index (χ1) is 8.51. The number of rotatable bonds is 1. The van der Waals surface area contributed by atoms with Gasteiger partial charge < -0.3 is 9.47 Å². The van der Waals surface area contributed by atoms with E-state index >= 15 is 0 Å². The molecule has 0 unspecified atom stereocenters. The molecular formula is C14H22O4. The molecular weight excluding hydrogens is 232 g/mol. The lowest BCUT2D eigenvalue weighted by Gasteiger charge is -1.97. The minimum Gasteiger partial charge on any atom is -0.469 e. The quantitative estimate of drug-likeness (QED) is 0.723. The van der Waals surface area contributed by atoms with Crippen LogP contribution >= 0.6 is 0 Å². The van der Waals surface area contributed by atoms with E-state index in [2.05, 4.69) is 9.47 Å². The van der Waals surface area contributed by atoms with E-state index in [-0.39, 0.29) is 11.9 Å². The molecule has 0 bridgehead atoms. The van der Waals surface area contributed by atoms with Gasteiger partial charge in [0, 0.05) is 6.92 Å². The van der Waals surface area contributed by atoms with Gasteiger partial charge in [-0.25, -0.2) is 4.79 Å². The average Bonchev–Trinajstić information content (AvgIpc) is 2.41. The molecule has 102 valence electrons. The van der Waals surface area contributed by atoms with E-state index in [0.717, 1.165) is 5.56 Å². The fourth-order valence-electron chi connectivity index (χ4n) is 0.807. The molecule has 0 spiro atoms. The summed E-state index contributed by atoms with van der Waals surface area (Å²) in [4.78, 5) is 20.5. The molecule has 0 saturated heterocycles. The standard InChI is InChI=1S/C9H10O2.C3H6O2.C2H6/c1-7-3-5-8(6-4-7)9(10)11-2;1-3(4)5-2;1-2/h3-6H,1-2H3;1-2H3;1-2H3. The molecule has 1 aromatic carbocycles. The zero-order valence-electron chi connectivity index (χ0n) is 11.9. The molecule has 0 atom stereocenters. The summed E-state index contributed by atoms with van der Waals surface area (Å²) in [6.45, 7) is 7.33. The Bertz CT molecular complexity index is 341. The summed E-state index contributed by atoms with van der Waals surface area (Å²) in [5, 5.41) is 0. The Hall–Kier alpha value is -1.84. The van der Waals surface area contributed by atoms with Crippen molar-refractivity contribution in [3.8, 4) is 0 Å². The van der Waals surface area contributed by atoms with Crippen molar-refractivity contribution in [3.63, 3.8) is 0 Å². The minimum atomic E-state index is -0.287. The molecule has 0 fully saturated rings. The van der Waals surface area contributed by atoms with Crippen LogP contribution in [-0.2, 0) is 14.3 Å². The van der Waals surface area contributed by atoms with Gasteiger partial charge in [0.1, 0.15) is 0 Å². The maximum Gasteiger partial charge on any atom is 0.337 e. The van der Waals surface area contributed by atoms with Crippen LogP contribution in [0, 0.1) is 6.92 Å². The van der Waals surface area contributed by atoms with Crippen molar-refractivity contribution in [1.82, 2.24) is 0 Å². The third kappa shape index (κ3) is 9.39.